The summed E-state index contributed by atoms with van der Waals surface area (Å²) in [5, 5.41) is 2.57. The molecule has 3 amide bonds. The van der Waals surface area contributed by atoms with Crippen LogP contribution in [0.15, 0.2) is 24.3 Å². The van der Waals surface area contributed by atoms with E-state index in [2.05, 4.69) is 5.32 Å². The van der Waals surface area contributed by atoms with E-state index in [4.69, 9.17) is 4.74 Å². The molecule has 0 unspecified atom stereocenters. The maximum absolute atomic E-state index is 12.4. The molecule has 0 bridgehead atoms. The fraction of sp³-hybridized carbons (Fsp3) is 0.333. The van der Waals surface area contributed by atoms with E-state index in [1.165, 1.54) is 6.92 Å². The Hall–Kier alpha value is -2.70. The third-order valence-electron chi connectivity index (χ3n) is 3.76. The largest absolute Gasteiger partial charge is 0.461 e. The van der Waals surface area contributed by atoms with Crippen molar-refractivity contribution in [1.29, 1.82) is 0 Å². The molecule has 1 saturated heterocycles. The Morgan fingerprint density at radius 2 is 1.77 bits per heavy atom. The molecule has 1 fully saturated rings. The third-order valence-corrected chi connectivity index (χ3v) is 3.76. The van der Waals surface area contributed by atoms with Gasteiger partial charge in [-0.25, -0.2) is 0 Å². The molecule has 2 atom stereocenters. The number of hydrogen-bond acceptors (Lipinski definition) is 5. The lowest BCUT2D eigenvalue weighted by Gasteiger charge is -2.33. The van der Waals surface area contributed by atoms with E-state index in [0.717, 1.165) is 4.90 Å². The zero-order chi connectivity index (χ0) is 15.9. The number of carbonyl (C=O) groups excluding carboxylic acids is 4. The highest BCUT2D eigenvalue weighted by Gasteiger charge is 2.45. The first-order valence-corrected chi connectivity index (χ1v) is 6.91. The fourth-order valence-electron chi connectivity index (χ4n) is 2.81. The summed E-state index contributed by atoms with van der Waals surface area (Å²) in [6.45, 7) is 1.45. The monoisotopic (exact) mass is 302 g/mol. The zero-order valence-electron chi connectivity index (χ0n) is 11.9. The van der Waals surface area contributed by atoms with Gasteiger partial charge in [0.15, 0.2) is 0 Å². The molecule has 2 aliphatic heterocycles. The summed E-state index contributed by atoms with van der Waals surface area (Å²) in [6.07, 6.45) is -0.443. The van der Waals surface area contributed by atoms with Crippen molar-refractivity contribution in [2.24, 2.45) is 0 Å². The Balaban J connectivity index is 1.87. The molecule has 0 aliphatic carbocycles. The van der Waals surface area contributed by atoms with Crippen LogP contribution in [0, 0.1) is 0 Å². The molecule has 1 aromatic rings. The first-order valence-electron chi connectivity index (χ1n) is 6.91. The quantitative estimate of drug-likeness (QED) is 0.618. The number of ether oxygens (including phenoxy) is 1. The van der Waals surface area contributed by atoms with Gasteiger partial charge >= 0.3 is 5.97 Å². The zero-order valence-corrected chi connectivity index (χ0v) is 11.9. The third kappa shape index (κ3) is 2.24. The molecular weight excluding hydrogens is 288 g/mol. The number of rotatable bonds is 2. The van der Waals surface area contributed by atoms with Gasteiger partial charge in [-0.1, -0.05) is 12.1 Å². The Morgan fingerprint density at radius 3 is 2.32 bits per heavy atom. The summed E-state index contributed by atoms with van der Waals surface area (Å²) >= 11 is 0. The smallest absolute Gasteiger partial charge is 0.302 e. The van der Waals surface area contributed by atoms with Crippen LogP contribution >= 0.6 is 0 Å². The SMILES string of the molecule is CC(=O)O[C@H]1CNC(=O)[C@@H](N2C(=O)c3ccccc3C2=O)C1. The van der Waals surface area contributed by atoms with E-state index in [0.29, 0.717) is 0 Å². The number of fused-ring (bicyclic) bond motifs is 1. The van der Waals surface area contributed by atoms with E-state index in [9.17, 15) is 19.2 Å². The normalized spacial score (nSPS) is 24.0. The number of carbonyl (C=O) groups is 4. The second kappa shape index (κ2) is 5.25. The molecule has 7 nitrogen and oxygen atoms in total. The van der Waals surface area contributed by atoms with Gasteiger partial charge in [0, 0.05) is 13.3 Å². The van der Waals surface area contributed by atoms with Crippen LogP contribution in [0.2, 0.25) is 0 Å². The minimum atomic E-state index is -0.967. The van der Waals surface area contributed by atoms with E-state index < -0.39 is 35.8 Å². The number of nitrogens with one attached hydrogen (secondary N) is 1. The number of piperidine rings is 1. The standard InChI is InChI=1S/C15H14N2O5/c1-8(18)22-9-6-12(13(19)16-7-9)17-14(20)10-4-2-3-5-11(10)15(17)21/h2-5,9,12H,6-7H2,1H3,(H,16,19)/t9-,12+/m1/s1. The molecule has 114 valence electrons. The van der Waals surface area contributed by atoms with Crippen LogP contribution in [-0.4, -0.2) is 47.3 Å². The molecular formula is C15H14N2O5. The topological polar surface area (TPSA) is 92.8 Å². The van der Waals surface area contributed by atoms with E-state index in [1.54, 1.807) is 24.3 Å². The van der Waals surface area contributed by atoms with E-state index >= 15 is 0 Å². The maximum Gasteiger partial charge on any atom is 0.302 e. The van der Waals surface area contributed by atoms with Crippen LogP contribution in [-0.2, 0) is 14.3 Å². The Labute approximate surface area is 126 Å². The summed E-state index contributed by atoms with van der Waals surface area (Å²) in [6, 6.07) is 5.47. The molecule has 22 heavy (non-hydrogen) atoms. The molecule has 3 rings (SSSR count). The van der Waals surface area contributed by atoms with Crippen molar-refractivity contribution in [3.05, 3.63) is 35.4 Å². The number of imide groups is 1. The van der Waals surface area contributed by atoms with Crippen LogP contribution in [0.3, 0.4) is 0 Å². The average Bonchev–Trinajstić information content (AvgIpc) is 2.73. The number of nitrogens with zero attached hydrogens (tertiary/aromatic N) is 1. The molecule has 7 heteroatoms. The number of amides is 3. The van der Waals surface area contributed by atoms with Crippen molar-refractivity contribution < 1.29 is 23.9 Å². The first kappa shape index (κ1) is 14.2. The summed E-state index contributed by atoms with van der Waals surface area (Å²) in [7, 11) is 0. The highest BCUT2D eigenvalue weighted by molar-refractivity contribution is 6.22. The van der Waals surface area contributed by atoms with Crippen LogP contribution < -0.4 is 5.32 Å². The summed E-state index contributed by atoms with van der Waals surface area (Å²) < 4.78 is 5.07. The van der Waals surface area contributed by atoms with Gasteiger partial charge in [-0.15, -0.1) is 0 Å². The summed E-state index contributed by atoms with van der Waals surface area (Å²) in [4.78, 5) is 48.9. The van der Waals surface area contributed by atoms with Crippen molar-refractivity contribution in [2.75, 3.05) is 6.54 Å². The minimum Gasteiger partial charge on any atom is -0.461 e. The van der Waals surface area contributed by atoms with Crippen molar-refractivity contribution in [1.82, 2.24) is 10.2 Å². The highest BCUT2D eigenvalue weighted by atomic mass is 16.5. The fourth-order valence-corrected chi connectivity index (χ4v) is 2.81. The predicted octanol–water partition coefficient (Wildman–Crippen LogP) is 0.103. The maximum atomic E-state index is 12.4. The van der Waals surface area contributed by atoms with Crippen molar-refractivity contribution in [2.45, 2.75) is 25.5 Å². The molecule has 2 heterocycles. The predicted molar refractivity (Wildman–Crippen MR) is 73.9 cm³/mol. The van der Waals surface area contributed by atoms with Crippen LogP contribution in [0.1, 0.15) is 34.1 Å². The van der Waals surface area contributed by atoms with E-state index in [1.807, 2.05) is 0 Å². The lowest BCUT2D eigenvalue weighted by molar-refractivity contribution is -0.150. The Morgan fingerprint density at radius 1 is 1.18 bits per heavy atom. The Bertz CT molecular complexity index is 649. The molecule has 1 N–H and O–H groups in total. The van der Waals surface area contributed by atoms with Crippen LogP contribution in [0.5, 0.6) is 0 Å². The van der Waals surface area contributed by atoms with Gasteiger partial charge in [0.25, 0.3) is 11.8 Å². The lowest BCUT2D eigenvalue weighted by Crippen LogP contribution is -2.57. The minimum absolute atomic E-state index is 0.108. The molecule has 0 radical (unpaired) electrons. The van der Waals surface area contributed by atoms with Crippen LogP contribution in [0.4, 0.5) is 0 Å². The Kier molecular flexibility index (Phi) is 3.40. The summed E-state index contributed by atoms with van der Waals surface area (Å²) in [5.41, 5.74) is 0.574. The van der Waals surface area contributed by atoms with Gasteiger partial charge < -0.3 is 10.1 Å². The number of benzene rings is 1. The average molecular weight is 302 g/mol. The van der Waals surface area contributed by atoms with Gasteiger partial charge in [-0.3, -0.25) is 24.1 Å². The molecule has 0 aromatic heterocycles. The van der Waals surface area contributed by atoms with E-state index in [-0.39, 0.29) is 24.1 Å². The van der Waals surface area contributed by atoms with Gasteiger partial charge in [-0.2, -0.15) is 0 Å². The van der Waals surface area contributed by atoms with Crippen molar-refractivity contribution in [3.8, 4) is 0 Å². The lowest BCUT2D eigenvalue weighted by atomic mass is 10.0. The molecule has 1 aromatic carbocycles. The summed E-state index contributed by atoms with van der Waals surface area (Å²) in [5.74, 6) is -1.88. The van der Waals surface area contributed by atoms with Gasteiger partial charge in [0.2, 0.25) is 5.91 Å². The second-order valence-electron chi connectivity index (χ2n) is 5.25. The highest BCUT2D eigenvalue weighted by Crippen LogP contribution is 2.27. The molecule has 0 spiro atoms. The van der Waals surface area contributed by atoms with Gasteiger partial charge in [0.05, 0.1) is 17.7 Å². The van der Waals surface area contributed by atoms with Crippen LogP contribution in [0.25, 0.3) is 0 Å². The second-order valence-corrected chi connectivity index (χ2v) is 5.25. The molecule has 0 saturated carbocycles. The number of esters is 1. The van der Waals surface area contributed by atoms with Crippen molar-refractivity contribution >= 4 is 23.7 Å². The first-order chi connectivity index (χ1) is 10.5. The van der Waals surface area contributed by atoms with Crippen molar-refractivity contribution in [3.63, 3.8) is 0 Å². The number of hydrogen-bond donors (Lipinski definition) is 1. The molecule has 2 aliphatic rings. The van der Waals surface area contributed by atoms with Gasteiger partial charge in [-0.05, 0) is 12.1 Å². The van der Waals surface area contributed by atoms with Gasteiger partial charge in [0.1, 0.15) is 12.1 Å².